The molecule has 0 saturated heterocycles. The van der Waals surface area contributed by atoms with Gasteiger partial charge >= 0.3 is 0 Å². The van der Waals surface area contributed by atoms with Gasteiger partial charge in [0.2, 0.25) is 11.8 Å². The molecule has 0 saturated carbocycles. The van der Waals surface area contributed by atoms with Crippen LogP contribution in [0.5, 0.6) is 5.75 Å². The van der Waals surface area contributed by atoms with Crippen molar-refractivity contribution < 1.29 is 22.7 Å². The molecule has 0 radical (unpaired) electrons. The molecule has 0 aromatic heterocycles. The summed E-state index contributed by atoms with van der Waals surface area (Å²) < 4.78 is 34.4. The molecule has 0 aliphatic heterocycles. The number of amides is 2. The Bertz CT molecular complexity index is 1380. The highest BCUT2D eigenvalue weighted by molar-refractivity contribution is 7.92. The highest BCUT2D eigenvalue weighted by atomic mass is 35.5. The van der Waals surface area contributed by atoms with Gasteiger partial charge in [0, 0.05) is 17.6 Å². The maximum Gasteiger partial charge on any atom is 0.264 e. The Balaban J connectivity index is 2.01. The van der Waals surface area contributed by atoms with E-state index in [0.29, 0.717) is 35.9 Å². The van der Waals surface area contributed by atoms with Crippen LogP contribution in [0.1, 0.15) is 39.7 Å². The first-order valence-electron chi connectivity index (χ1n) is 13.7. The molecule has 0 heterocycles. The Morgan fingerprint density at radius 2 is 1.56 bits per heavy atom. The number of benzene rings is 3. The molecule has 41 heavy (non-hydrogen) atoms. The summed E-state index contributed by atoms with van der Waals surface area (Å²) in [5, 5.41) is 3.29. The summed E-state index contributed by atoms with van der Waals surface area (Å²) in [7, 11) is -4.18. The average Bonchev–Trinajstić information content (AvgIpc) is 2.94. The van der Waals surface area contributed by atoms with Crippen LogP contribution in [0, 0.1) is 0 Å². The van der Waals surface area contributed by atoms with Gasteiger partial charge in [-0.05, 0) is 87.7 Å². The van der Waals surface area contributed by atoms with Gasteiger partial charge < -0.3 is 15.0 Å². The van der Waals surface area contributed by atoms with Gasteiger partial charge in [0.1, 0.15) is 18.3 Å². The van der Waals surface area contributed by atoms with Gasteiger partial charge in [0.25, 0.3) is 10.0 Å². The van der Waals surface area contributed by atoms with Gasteiger partial charge in [0.05, 0.1) is 17.2 Å². The highest BCUT2D eigenvalue weighted by Crippen LogP contribution is 2.27. The van der Waals surface area contributed by atoms with Crippen molar-refractivity contribution in [1.29, 1.82) is 0 Å². The fraction of sp³-hybridized carbons (Fsp3) is 0.355. The first-order chi connectivity index (χ1) is 19.6. The number of rotatable bonds is 14. The quantitative estimate of drug-likeness (QED) is 0.271. The third kappa shape index (κ3) is 8.71. The lowest BCUT2D eigenvalue weighted by atomic mass is 10.1. The lowest BCUT2D eigenvalue weighted by Crippen LogP contribution is -2.54. The van der Waals surface area contributed by atoms with Gasteiger partial charge in [0.15, 0.2) is 0 Å². The minimum Gasteiger partial charge on any atom is -0.494 e. The first-order valence-corrected chi connectivity index (χ1v) is 15.5. The number of anilines is 1. The molecule has 0 aliphatic carbocycles. The summed E-state index contributed by atoms with van der Waals surface area (Å²) in [4.78, 5) is 28.7. The van der Waals surface area contributed by atoms with Gasteiger partial charge in [-0.2, -0.15) is 0 Å². The molecule has 10 heteroatoms. The second-order valence-corrected chi connectivity index (χ2v) is 12.1. The van der Waals surface area contributed by atoms with E-state index in [1.54, 1.807) is 24.3 Å². The van der Waals surface area contributed by atoms with Gasteiger partial charge in [-0.25, -0.2) is 8.42 Å². The third-order valence-electron chi connectivity index (χ3n) is 6.42. The minimum atomic E-state index is -4.18. The fourth-order valence-corrected chi connectivity index (χ4v) is 5.95. The highest BCUT2D eigenvalue weighted by Gasteiger charge is 2.33. The van der Waals surface area contributed by atoms with Crippen LogP contribution in [-0.2, 0) is 26.0 Å². The largest absolute Gasteiger partial charge is 0.494 e. The number of nitrogens with one attached hydrogen (secondary N) is 1. The SMILES string of the molecule is CCOc1ccc(N(CC(=O)N(CCc2ccccc2)[C@H](CC)C(=O)NC(C)C)S(=O)(=O)c2ccc(Cl)cc2)cc1. The summed E-state index contributed by atoms with van der Waals surface area (Å²) in [6.07, 6.45) is 0.872. The lowest BCUT2D eigenvalue weighted by molar-refractivity contribution is -0.139. The third-order valence-corrected chi connectivity index (χ3v) is 8.46. The van der Waals surface area contributed by atoms with Crippen molar-refractivity contribution in [2.24, 2.45) is 0 Å². The van der Waals surface area contributed by atoms with Crippen LogP contribution in [-0.4, -0.2) is 56.9 Å². The second kappa shape index (κ2) is 14.9. The molecule has 0 unspecified atom stereocenters. The summed E-state index contributed by atoms with van der Waals surface area (Å²) >= 11 is 6.01. The molecule has 0 fully saturated rings. The van der Waals surface area contributed by atoms with E-state index in [0.717, 1.165) is 9.87 Å². The Morgan fingerprint density at radius 1 is 0.927 bits per heavy atom. The zero-order valence-electron chi connectivity index (χ0n) is 23.9. The Kier molecular flexibility index (Phi) is 11.6. The van der Waals surface area contributed by atoms with E-state index in [2.05, 4.69) is 5.32 Å². The molecule has 0 aliphatic rings. The Labute approximate surface area is 248 Å². The fourth-order valence-electron chi connectivity index (χ4n) is 4.41. The van der Waals surface area contributed by atoms with E-state index in [1.807, 2.05) is 58.0 Å². The van der Waals surface area contributed by atoms with Crippen molar-refractivity contribution in [3.05, 3.63) is 89.4 Å². The van der Waals surface area contributed by atoms with Crippen LogP contribution in [0.4, 0.5) is 5.69 Å². The number of ether oxygens (including phenoxy) is 1. The topological polar surface area (TPSA) is 96.0 Å². The normalized spacial score (nSPS) is 12.0. The molecule has 3 rings (SSSR count). The number of sulfonamides is 1. The predicted molar refractivity (Wildman–Crippen MR) is 163 cm³/mol. The number of hydrogen-bond acceptors (Lipinski definition) is 5. The van der Waals surface area contributed by atoms with Crippen molar-refractivity contribution in [3.8, 4) is 5.75 Å². The van der Waals surface area contributed by atoms with Gasteiger partial charge in [-0.3, -0.25) is 13.9 Å². The van der Waals surface area contributed by atoms with Gasteiger partial charge in [-0.1, -0.05) is 48.9 Å². The Morgan fingerprint density at radius 3 is 2.12 bits per heavy atom. The Hall–Kier alpha value is -3.56. The molecule has 0 spiro atoms. The summed E-state index contributed by atoms with van der Waals surface area (Å²) in [5.74, 6) is -0.192. The summed E-state index contributed by atoms with van der Waals surface area (Å²) in [6, 6.07) is 21.1. The standard InChI is InChI=1S/C31H38ClN3O5S/c1-5-29(31(37)33-23(3)4)34(21-20-24-10-8-7-9-11-24)30(36)22-35(26-14-16-27(17-15-26)40-6-2)41(38,39)28-18-12-25(32)13-19-28/h7-19,23,29H,5-6,20-22H2,1-4H3,(H,33,37)/t29-/m1/s1. The average molecular weight is 600 g/mol. The second-order valence-electron chi connectivity index (χ2n) is 9.80. The predicted octanol–water partition coefficient (Wildman–Crippen LogP) is 5.31. The van der Waals surface area contributed by atoms with E-state index >= 15 is 0 Å². The monoisotopic (exact) mass is 599 g/mol. The molecular weight excluding hydrogens is 562 g/mol. The molecule has 1 atom stereocenters. The van der Waals surface area contributed by atoms with Crippen molar-refractivity contribution >= 4 is 39.1 Å². The molecule has 0 bridgehead atoms. The maximum atomic E-state index is 14.0. The van der Waals surface area contributed by atoms with Crippen molar-refractivity contribution in [1.82, 2.24) is 10.2 Å². The number of nitrogens with zero attached hydrogens (tertiary/aromatic N) is 2. The van der Waals surface area contributed by atoms with Crippen molar-refractivity contribution in [3.63, 3.8) is 0 Å². The van der Waals surface area contributed by atoms with E-state index in [-0.39, 0.29) is 23.4 Å². The summed E-state index contributed by atoms with van der Waals surface area (Å²) in [6.45, 7) is 7.59. The smallest absolute Gasteiger partial charge is 0.264 e. The summed E-state index contributed by atoms with van der Waals surface area (Å²) in [5.41, 5.74) is 1.29. The molecule has 220 valence electrons. The zero-order valence-corrected chi connectivity index (χ0v) is 25.5. The number of hydrogen-bond donors (Lipinski definition) is 1. The molecule has 3 aromatic carbocycles. The van der Waals surface area contributed by atoms with Crippen LogP contribution < -0.4 is 14.4 Å². The van der Waals surface area contributed by atoms with Crippen LogP contribution in [0.3, 0.4) is 0 Å². The van der Waals surface area contributed by atoms with Crippen LogP contribution in [0.15, 0.2) is 83.8 Å². The molecule has 2 amide bonds. The van der Waals surface area contributed by atoms with E-state index in [9.17, 15) is 18.0 Å². The maximum absolute atomic E-state index is 14.0. The zero-order chi connectivity index (χ0) is 30.0. The molecule has 3 aromatic rings. The van der Waals surface area contributed by atoms with Crippen LogP contribution >= 0.6 is 11.6 Å². The molecule has 1 N–H and O–H groups in total. The molecule has 8 nitrogen and oxygen atoms in total. The number of carbonyl (C=O) groups excluding carboxylic acids is 2. The number of carbonyl (C=O) groups is 2. The van der Waals surface area contributed by atoms with Crippen LogP contribution in [0.25, 0.3) is 0 Å². The van der Waals surface area contributed by atoms with Gasteiger partial charge in [-0.15, -0.1) is 0 Å². The minimum absolute atomic E-state index is 0.0102. The lowest BCUT2D eigenvalue weighted by Gasteiger charge is -2.33. The number of halogens is 1. The van der Waals surface area contributed by atoms with Crippen molar-refractivity contribution in [2.45, 2.75) is 57.5 Å². The molecular formula is C31H38ClN3O5S. The van der Waals surface area contributed by atoms with Crippen LogP contribution in [0.2, 0.25) is 5.02 Å². The van der Waals surface area contributed by atoms with E-state index < -0.39 is 28.5 Å². The van der Waals surface area contributed by atoms with E-state index in [4.69, 9.17) is 16.3 Å². The first kappa shape index (κ1) is 32.0. The van der Waals surface area contributed by atoms with E-state index in [1.165, 1.54) is 29.2 Å². The van der Waals surface area contributed by atoms with Crippen molar-refractivity contribution in [2.75, 3.05) is 24.0 Å².